The number of nitrogens with one attached hydrogen (secondary N) is 3. The Morgan fingerprint density at radius 2 is 1.92 bits per heavy atom. The zero-order chi connectivity index (χ0) is 16.8. The van der Waals surface area contributed by atoms with Gasteiger partial charge in [0.2, 0.25) is 0 Å². The van der Waals surface area contributed by atoms with Gasteiger partial charge in [-0.05, 0) is 25.0 Å². The van der Waals surface area contributed by atoms with Crippen molar-refractivity contribution in [2.45, 2.75) is 26.3 Å². The Balaban J connectivity index is 1.45. The molecule has 24 heavy (non-hydrogen) atoms. The molecule has 2 aliphatic heterocycles. The van der Waals surface area contributed by atoms with Crippen LogP contribution in [0.5, 0.6) is 0 Å². The fourth-order valence-corrected chi connectivity index (χ4v) is 3.82. The summed E-state index contributed by atoms with van der Waals surface area (Å²) >= 11 is 0. The zero-order valence-corrected chi connectivity index (χ0v) is 14.8. The van der Waals surface area contributed by atoms with Gasteiger partial charge in [-0.1, -0.05) is 19.1 Å². The van der Waals surface area contributed by atoms with E-state index < -0.39 is 0 Å². The number of likely N-dealkylation sites (tertiary alicyclic amines) is 1. The Morgan fingerprint density at radius 3 is 2.62 bits per heavy atom. The van der Waals surface area contributed by atoms with E-state index in [0.29, 0.717) is 6.54 Å². The normalized spacial score (nSPS) is 25.4. The van der Waals surface area contributed by atoms with Crippen LogP contribution in [0.15, 0.2) is 24.3 Å². The number of hydrogen-bond donors (Lipinski definition) is 3. The number of ether oxygens (including phenoxy) is 1. The number of carbonyl (C=O) groups is 1. The van der Waals surface area contributed by atoms with Crippen LogP contribution in [0, 0.1) is 5.92 Å². The van der Waals surface area contributed by atoms with Gasteiger partial charge < -0.3 is 19.9 Å². The minimum atomic E-state index is 0.130. The highest BCUT2D eigenvalue weighted by Gasteiger charge is 2.22. The SMILES string of the molecule is C[C@H]1CCC[NH+](CC(=O)Nc2ccc(C[NH+]3CCOCC3)cc2)C1. The largest absolute Gasteiger partial charge is 0.370 e. The second-order valence-corrected chi connectivity index (χ2v) is 7.41. The average Bonchev–Trinajstić information content (AvgIpc) is 2.57. The lowest BCUT2D eigenvalue weighted by Gasteiger charge is -2.27. The first kappa shape index (κ1) is 17.4. The third-order valence-electron chi connectivity index (χ3n) is 5.17. The van der Waals surface area contributed by atoms with E-state index in [1.54, 1.807) is 4.90 Å². The van der Waals surface area contributed by atoms with Gasteiger partial charge in [-0.25, -0.2) is 0 Å². The van der Waals surface area contributed by atoms with Crippen molar-refractivity contribution in [2.75, 3.05) is 51.3 Å². The van der Waals surface area contributed by atoms with Gasteiger partial charge in [0.25, 0.3) is 5.91 Å². The third-order valence-corrected chi connectivity index (χ3v) is 5.17. The van der Waals surface area contributed by atoms with Crippen molar-refractivity contribution >= 4 is 11.6 Å². The molecule has 1 amide bonds. The number of amides is 1. The molecule has 2 aliphatic rings. The van der Waals surface area contributed by atoms with E-state index >= 15 is 0 Å². The Hall–Kier alpha value is -1.43. The Bertz CT molecular complexity index is 526. The van der Waals surface area contributed by atoms with Gasteiger partial charge >= 0.3 is 0 Å². The van der Waals surface area contributed by atoms with Crippen molar-refractivity contribution in [1.82, 2.24) is 0 Å². The van der Waals surface area contributed by atoms with Gasteiger partial charge in [0.15, 0.2) is 6.54 Å². The van der Waals surface area contributed by atoms with Crippen LogP contribution in [-0.2, 0) is 16.1 Å². The number of quaternary nitrogens is 2. The molecule has 0 spiro atoms. The first-order chi connectivity index (χ1) is 11.7. The molecule has 1 aromatic carbocycles. The van der Waals surface area contributed by atoms with E-state index in [1.165, 1.54) is 23.3 Å². The maximum atomic E-state index is 12.2. The Labute approximate surface area is 145 Å². The molecule has 2 atom stereocenters. The molecule has 132 valence electrons. The van der Waals surface area contributed by atoms with E-state index in [4.69, 9.17) is 4.74 Å². The van der Waals surface area contributed by atoms with Gasteiger partial charge in [-0.2, -0.15) is 0 Å². The van der Waals surface area contributed by atoms with E-state index in [2.05, 4.69) is 24.4 Å². The summed E-state index contributed by atoms with van der Waals surface area (Å²) < 4.78 is 5.40. The molecule has 3 N–H and O–H groups in total. The lowest BCUT2D eigenvalue weighted by Crippen LogP contribution is -3.14. The first-order valence-electron chi connectivity index (χ1n) is 9.33. The summed E-state index contributed by atoms with van der Waals surface area (Å²) in [7, 11) is 0. The molecule has 2 heterocycles. The van der Waals surface area contributed by atoms with Crippen LogP contribution in [0.25, 0.3) is 0 Å². The highest BCUT2D eigenvalue weighted by Crippen LogP contribution is 2.09. The first-order valence-corrected chi connectivity index (χ1v) is 9.33. The van der Waals surface area contributed by atoms with Crippen LogP contribution in [0.3, 0.4) is 0 Å². The van der Waals surface area contributed by atoms with Crippen molar-refractivity contribution in [2.24, 2.45) is 5.92 Å². The smallest absolute Gasteiger partial charge is 0.279 e. The predicted molar refractivity (Wildman–Crippen MR) is 94.3 cm³/mol. The van der Waals surface area contributed by atoms with Crippen molar-refractivity contribution in [3.8, 4) is 0 Å². The molecule has 2 saturated heterocycles. The van der Waals surface area contributed by atoms with Gasteiger partial charge in [0, 0.05) is 17.2 Å². The lowest BCUT2D eigenvalue weighted by atomic mass is 10.0. The summed E-state index contributed by atoms with van der Waals surface area (Å²) in [6.45, 7) is 10.0. The van der Waals surface area contributed by atoms with Crippen LogP contribution in [0.1, 0.15) is 25.3 Å². The van der Waals surface area contributed by atoms with Gasteiger partial charge in [0.1, 0.15) is 19.6 Å². The number of hydrogen-bond acceptors (Lipinski definition) is 2. The van der Waals surface area contributed by atoms with Crippen LogP contribution in [-0.4, -0.2) is 51.8 Å². The summed E-state index contributed by atoms with van der Waals surface area (Å²) in [6.07, 6.45) is 2.54. The molecule has 0 saturated carbocycles. The summed E-state index contributed by atoms with van der Waals surface area (Å²) in [5, 5.41) is 3.05. The predicted octanol–water partition coefficient (Wildman–Crippen LogP) is -0.645. The van der Waals surface area contributed by atoms with Crippen LogP contribution in [0.4, 0.5) is 5.69 Å². The van der Waals surface area contributed by atoms with Crippen molar-refractivity contribution in [1.29, 1.82) is 0 Å². The minimum absolute atomic E-state index is 0.130. The van der Waals surface area contributed by atoms with E-state index in [-0.39, 0.29) is 5.91 Å². The standard InChI is InChI=1S/C19H29N3O2/c1-16-3-2-8-22(13-16)15-19(23)20-18-6-4-17(5-7-18)14-21-9-11-24-12-10-21/h4-7,16H,2-3,8-15H2,1H3,(H,20,23)/p+2/t16-/m0/s1. The molecular formula is C19H31N3O2+2. The lowest BCUT2D eigenvalue weighted by molar-refractivity contribution is -0.921. The Morgan fingerprint density at radius 1 is 1.17 bits per heavy atom. The number of rotatable bonds is 5. The zero-order valence-electron chi connectivity index (χ0n) is 14.8. The topological polar surface area (TPSA) is 47.2 Å². The fourth-order valence-electron chi connectivity index (χ4n) is 3.82. The van der Waals surface area contributed by atoms with Crippen molar-refractivity contribution in [3.05, 3.63) is 29.8 Å². The second-order valence-electron chi connectivity index (χ2n) is 7.41. The van der Waals surface area contributed by atoms with E-state index in [0.717, 1.165) is 57.5 Å². The average molecular weight is 333 g/mol. The van der Waals surface area contributed by atoms with E-state index in [1.807, 2.05) is 12.1 Å². The summed E-state index contributed by atoms with van der Waals surface area (Å²) in [5.41, 5.74) is 2.23. The summed E-state index contributed by atoms with van der Waals surface area (Å²) in [5.74, 6) is 0.870. The highest BCUT2D eigenvalue weighted by atomic mass is 16.5. The van der Waals surface area contributed by atoms with E-state index in [9.17, 15) is 4.79 Å². The number of benzene rings is 1. The number of anilines is 1. The molecular weight excluding hydrogens is 302 g/mol. The number of morpholine rings is 1. The molecule has 3 rings (SSSR count). The molecule has 0 aromatic heterocycles. The monoisotopic (exact) mass is 333 g/mol. The fraction of sp³-hybridized carbons (Fsp3) is 0.632. The summed E-state index contributed by atoms with van der Waals surface area (Å²) in [4.78, 5) is 15.2. The molecule has 0 aliphatic carbocycles. The molecule has 5 nitrogen and oxygen atoms in total. The van der Waals surface area contributed by atoms with Crippen molar-refractivity contribution in [3.63, 3.8) is 0 Å². The minimum Gasteiger partial charge on any atom is -0.370 e. The molecule has 1 unspecified atom stereocenters. The Kier molecular flexibility index (Phi) is 6.24. The van der Waals surface area contributed by atoms with Crippen LogP contribution in [0.2, 0.25) is 0 Å². The van der Waals surface area contributed by atoms with Gasteiger partial charge in [-0.3, -0.25) is 4.79 Å². The third kappa shape index (κ3) is 5.30. The maximum absolute atomic E-state index is 12.2. The van der Waals surface area contributed by atoms with Crippen LogP contribution >= 0.6 is 0 Å². The maximum Gasteiger partial charge on any atom is 0.279 e. The quantitative estimate of drug-likeness (QED) is 0.671. The summed E-state index contributed by atoms with van der Waals surface area (Å²) in [6, 6.07) is 8.32. The molecule has 5 heteroatoms. The molecule has 0 bridgehead atoms. The van der Waals surface area contributed by atoms with Gasteiger partial charge in [-0.15, -0.1) is 0 Å². The van der Waals surface area contributed by atoms with Crippen molar-refractivity contribution < 1.29 is 19.3 Å². The molecule has 1 aromatic rings. The molecule has 0 radical (unpaired) electrons. The number of carbonyl (C=O) groups excluding carboxylic acids is 1. The molecule has 2 fully saturated rings. The van der Waals surface area contributed by atoms with Crippen LogP contribution < -0.4 is 15.1 Å². The number of piperidine rings is 1. The highest BCUT2D eigenvalue weighted by molar-refractivity contribution is 5.91. The second kappa shape index (κ2) is 8.60. The van der Waals surface area contributed by atoms with Gasteiger partial charge in [0.05, 0.1) is 26.3 Å².